The van der Waals surface area contributed by atoms with Crippen LogP contribution in [0.1, 0.15) is 5.56 Å². The van der Waals surface area contributed by atoms with E-state index < -0.39 is 0 Å². The van der Waals surface area contributed by atoms with Crippen molar-refractivity contribution in [1.82, 2.24) is 14.8 Å². The van der Waals surface area contributed by atoms with Gasteiger partial charge in [-0.1, -0.05) is 48.2 Å². The highest BCUT2D eigenvalue weighted by molar-refractivity contribution is 7.99. The van der Waals surface area contributed by atoms with E-state index in [1.165, 1.54) is 16.7 Å². The smallest absolute Gasteiger partial charge is 0.238 e. The zero-order valence-corrected chi connectivity index (χ0v) is 15.1. The Morgan fingerprint density at radius 3 is 2.65 bits per heavy atom. The van der Waals surface area contributed by atoms with E-state index >= 15 is 0 Å². The minimum atomic E-state index is -0.151. The number of nitrogens with zero attached hydrogens (tertiary/aromatic N) is 5. The topological polar surface area (TPSA) is 74.8 Å². The maximum atomic E-state index is 12.6. The summed E-state index contributed by atoms with van der Waals surface area (Å²) in [7, 11) is 0. The van der Waals surface area contributed by atoms with E-state index in [1.807, 2.05) is 72.2 Å². The number of para-hydroxylation sites is 2. The Balaban J connectivity index is 1.75. The van der Waals surface area contributed by atoms with Crippen LogP contribution in [0.3, 0.4) is 0 Å². The van der Waals surface area contributed by atoms with Crippen molar-refractivity contribution in [2.24, 2.45) is 0 Å². The standard InChI is InChI=1S/C19H17N5OS/c1-15-7-5-6-10-17(15)24-14-21-22-19(24)26-13-18(25)23(12-11-20)16-8-3-2-4-9-16/h2-10,14H,12-13H2,1H3. The summed E-state index contributed by atoms with van der Waals surface area (Å²) in [6.45, 7) is 2.02. The first-order chi connectivity index (χ1) is 12.7. The maximum Gasteiger partial charge on any atom is 0.238 e. The molecule has 7 heteroatoms. The molecule has 3 rings (SSSR count). The van der Waals surface area contributed by atoms with Crippen LogP contribution in [0.25, 0.3) is 5.69 Å². The van der Waals surface area contributed by atoms with Crippen LogP contribution >= 0.6 is 11.8 Å². The SMILES string of the molecule is Cc1ccccc1-n1cnnc1SCC(=O)N(CC#N)c1ccccc1. The van der Waals surface area contributed by atoms with Crippen molar-refractivity contribution in [3.8, 4) is 11.8 Å². The Bertz CT molecular complexity index is 932. The van der Waals surface area contributed by atoms with Crippen molar-refractivity contribution in [2.45, 2.75) is 12.1 Å². The molecular weight excluding hydrogens is 346 g/mol. The van der Waals surface area contributed by atoms with E-state index in [2.05, 4.69) is 10.2 Å². The number of anilines is 1. The number of hydrogen-bond donors (Lipinski definition) is 0. The molecule has 0 fully saturated rings. The quantitative estimate of drug-likeness (QED) is 0.496. The second-order valence-electron chi connectivity index (χ2n) is 5.53. The molecule has 0 saturated carbocycles. The average molecular weight is 363 g/mol. The van der Waals surface area contributed by atoms with E-state index in [4.69, 9.17) is 5.26 Å². The molecule has 6 nitrogen and oxygen atoms in total. The fourth-order valence-electron chi connectivity index (χ4n) is 2.53. The second-order valence-corrected chi connectivity index (χ2v) is 6.47. The molecule has 0 aliphatic rings. The molecule has 26 heavy (non-hydrogen) atoms. The summed E-state index contributed by atoms with van der Waals surface area (Å²) in [5, 5.41) is 17.8. The minimum absolute atomic E-state index is 0.00783. The van der Waals surface area contributed by atoms with Crippen molar-refractivity contribution in [1.29, 1.82) is 5.26 Å². The molecule has 0 radical (unpaired) electrons. The van der Waals surface area contributed by atoms with Crippen molar-refractivity contribution >= 4 is 23.4 Å². The van der Waals surface area contributed by atoms with Crippen molar-refractivity contribution in [3.63, 3.8) is 0 Å². The first-order valence-corrected chi connectivity index (χ1v) is 9.00. The lowest BCUT2D eigenvalue weighted by molar-refractivity contribution is -0.116. The van der Waals surface area contributed by atoms with Crippen LogP contribution < -0.4 is 4.90 Å². The van der Waals surface area contributed by atoms with Gasteiger partial charge in [-0.05, 0) is 30.7 Å². The molecule has 1 amide bonds. The second kappa shape index (κ2) is 8.32. The molecule has 0 saturated heterocycles. The number of amides is 1. The first-order valence-electron chi connectivity index (χ1n) is 8.02. The number of aromatic nitrogens is 3. The lowest BCUT2D eigenvalue weighted by Crippen LogP contribution is -2.32. The number of aryl methyl sites for hydroxylation is 1. The number of thioether (sulfide) groups is 1. The molecule has 1 aromatic heterocycles. The van der Waals surface area contributed by atoms with E-state index in [1.54, 1.807) is 6.33 Å². The molecule has 0 spiro atoms. The third kappa shape index (κ3) is 3.92. The van der Waals surface area contributed by atoms with Crippen LogP contribution in [0.15, 0.2) is 66.1 Å². The summed E-state index contributed by atoms with van der Waals surface area (Å²) >= 11 is 1.30. The van der Waals surface area contributed by atoms with Gasteiger partial charge in [-0.3, -0.25) is 14.3 Å². The minimum Gasteiger partial charge on any atom is -0.298 e. The Kier molecular flexibility index (Phi) is 5.66. The van der Waals surface area contributed by atoms with Crippen molar-refractivity contribution < 1.29 is 4.79 Å². The molecule has 3 aromatic rings. The van der Waals surface area contributed by atoms with Gasteiger partial charge in [-0.2, -0.15) is 5.26 Å². The van der Waals surface area contributed by atoms with Gasteiger partial charge in [-0.15, -0.1) is 10.2 Å². The van der Waals surface area contributed by atoms with Crippen LogP contribution in [0.5, 0.6) is 0 Å². The van der Waals surface area contributed by atoms with Crippen LogP contribution in [0.4, 0.5) is 5.69 Å². The Hall–Kier alpha value is -3.11. The Morgan fingerprint density at radius 1 is 1.19 bits per heavy atom. The zero-order valence-electron chi connectivity index (χ0n) is 14.2. The van der Waals surface area contributed by atoms with Crippen LogP contribution in [0, 0.1) is 18.3 Å². The summed E-state index contributed by atoms with van der Waals surface area (Å²) in [6, 6.07) is 19.2. The highest BCUT2D eigenvalue weighted by Crippen LogP contribution is 2.23. The van der Waals surface area contributed by atoms with Gasteiger partial charge < -0.3 is 0 Å². The fraction of sp³-hybridized carbons (Fsp3) is 0.158. The molecular formula is C19H17N5OS. The lowest BCUT2D eigenvalue weighted by atomic mass is 10.2. The van der Waals surface area contributed by atoms with Crippen LogP contribution in [0.2, 0.25) is 0 Å². The predicted octanol–water partition coefficient (Wildman–Crippen LogP) is 3.22. The number of benzene rings is 2. The van der Waals surface area contributed by atoms with Gasteiger partial charge in [0.15, 0.2) is 5.16 Å². The van der Waals surface area contributed by atoms with Crippen molar-refractivity contribution in [3.05, 3.63) is 66.5 Å². The molecule has 0 N–H and O–H groups in total. The summed E-state index contributed by atoms with van der Waals surface area (Å²) in [6.07, 6.45) is 1.64. The van der Waals surface area contributed by atoms with E-state index in [9.17, 15) is 4.79 Å². The number of carbonyl (C=O) groups excluding carboxylic acids is 1. The number of rotatable bonds is 6. The molecule has 2 aromatic carbocycles. The normalized spacial score (nSPS) is 10.3. The van der Waals surface area contributed by atoms with Gasteiger partial charge in [-0.25, -0.2) is 0 Å². The van der Waals surface area contributed by atoms with E-state index in [0.717, 1.165) is 11.3 Å². The Morgan fingerprint density at radius 2 is 1.92 bits per heavy atom. The highest BCUT2D eigenvalue weighted by atomic mass is 32.2. The molecule has 0 aliphatic heterocycles. The molecule has 0 atom stereocenters. The van der Waals surface area contributed by atoms with Gasteiger partial charge in [0, 0.05) is 5.69 Å². The summed E-state index contributed by atoms with van der Waals surface area (Å²) in [5.74, 6) is 0.0170. The van der Waals surface area contributed by atoms with Crippen LogP contribution in [-0.4, -0.2) is 33.0 Å². The molecule has 1 heterocycles. The van der Waals surface area contributed by atoms with E-state index in [0.29, 0.717) is 10.8 Å². The largest absolute Gasteiger partial charge is 0.298 e. The third-order valence-corrected chi connectivity index (χ3v) is 4.74. The van der Waals surface area contributed by atoms with Gasteiger partial charge in [0.2, 0.25) is 5.91 Å². The van der Waals surface area contributed by atoms with Gasteiger partial charge >= 0.3 is 0 Å². The molecule has 130 valence electrons. The number of nitriles is 1. The van der Waals surface area contributed by atoms with Crippen molar-refractivity contribution in [2.75, 3.05) is 17.2 Å². The molecule has 0 bridgehead atoms. The maximum absolute atomic E-state index is 12.6. The van der Waals surface area contributed by atoms with Gasteiger partial charge in [0.25, 0.3) is 0 Å². The van der Waals surface area contributed by atoms with Crippen LogP contribution in [-0.2, 0) is 4.79 Å². The lowest BCUT2D eigenvalue weighted by Gasteiger charge is -2.19. The number of hydrogen-bond acceptors (Lipinski definition) is 5. The molecule has 0 unspecified atom stereocenters. The first kappa shape index (κ1) is 17.7. The highest BCUT2D eigenvalue weighted by Gasteiger charge is 2.17. The predicted molar refractivity (Wildman–Crippen MR) is 101 cm³/mol. The number of carbonyl (C=O) groups is 1. The van der Waals surface area contributed by atoms with Gasteiger partial charge in [0.05, 0.1) is 17.5 Å². The fourth-order valence-corrected chi connectivity index (χ4v) is 3.33. The third-order valence-electron chi connectivity index (χ3n) is 3.81. The monoisotopic (exact) mass is 363 g/mol. The van der Waals surface area contributed by atoms with E-state index in [-0.39, 0.29) is 18.2 Å². The van der Waals surface area contributed by atoms with Gasteiger partial charge in [0.1, 0.15) is 12.9 Å². The summed E-state index contributed by atoms with van der Waals surface area (Å²) in [4.78, 5) is 14.1. The Labute approximate surface area is 156 Å². The summed E-state index contributed by atoms with van der Waals surface area (Å²) in [5.41, 5.74) is 2.78. The summed E-state index contributed by atoms with van der Waals surface area (Å²) < 4.78 is 1.87. The zero-order chi connectivity index (χ0) is 18.4. The molecule has 0 aliphatic carbocycles. The average Bonchev–Trinajstić information content (AvgIpc) is 3.13.